The van der Waals surface area contributed by atoms with Crippen LogP contribution in [0.3, 0.4) is 0 Å². The van der Waals surface area contributed by atoms with Crippen molar-refractivity contribution < 1.29 is 18.0 Å². The van der Waals surface area contributed by atoms with Gasteiger partial charge in [-0.1, -0.05) is 18.2 Å². The van der Waals surface area contributed by atoms with Gasteiger partial charge >= 0.3 is 0 Å². The van der Waals surface area contributed by atoms with Gasteiger partial charge in [-0.3, -0.25) is 4.79 Å². The summed E-state index contributed by atoms with van der Waals surface area (Å²) in [6.45, 7) is 0. The molecule has 29 heavy (non-hydrogen) atoms. The molecule has 8 heteroatoms. The van der Waals surface area contributed by atoms with E-state index in [1.165, 1.54) is 10.7 Å². The van der Waals surface area contributed by atoms with Gasteiger partial charge in [0.15, 0.2) is 17.5 Å². The first-order valence-corrected chi connectivity index (χ1v) is 8.60. The van der Waals surface area contributed by atoms with Crippen molar-refractivity contribution in [2.24, 2.45) is 10.7 Å². The van der Waals surface area contributed by atoms with Crippen molar-refractivity contribution in [2.75, 3.05) is 0 Å². The molecule has 0 fully saturated rings. The number of carbonyl (C=O) groups excluding carboxylic acids is 1. The van der Waals surface area contributed by atoms with Crippen LogP contribution in [0.25, 0.3) is 16.6 Å². The van der Waals surface area contributed by atoms with E-state index in [4.69, 9.17) is 5.73 Å². The van der Waals surface area contributed by atoms with Crippen LogP contribution in [0.1, 0.15) is 21.5 Å². The van der Waals surface area contributed by atoms with Crippen LogP contribution in [0.15, 0.2) is 59.9 Å². The monoisotopic (exact) mass is 392 g/mol. The van der Waals surface area contributed by atoms with Crippen LogP contribution in [-0.4, -0.2) is 21.2 Å². The summed E-state index contributed by atoms with van der Waals surface area (Å²) >= 11 is 0. The number of fused-ring (bicyclic) bond motifs is 2. The number of para-hydroxylation sites is 1. The average molecular weight is 392 g/mol. The van der Waals surface area contributed by atoms with E-state index in [0.717, 1.165) is 12.1 Å². The Morgan fingerprint density at radius 2 is 1.72 bits per heavy atom. The van der Waals surface area contributed by atoms with E-state index in [9.17, 15) is 18.0 Å². The SMILES string of the molecule is NC(=O)c1cnn2ccc3c2c1-c1ccccc1N=C3c1ccc(F)c(F)c1F. The summed E-state index contributed by atoms with van der Waals surface area (Å²) in [7, 11) is 0. The van der Waals surface area contributed by atoms with Crippen LogP contribution in [0.2, 0.25) is 0 Å². The van der Waals surface area contributed by atoms with Gasteiger partial charge in [-0.25, -0.2) is 22.7 Å². The molecular weight excluding hydrogens is 381 g/mol. The Morgan fingerprint density at radius 1 is 0.931 bits per heavy atom. The molecule has 0 spiro atoms. The third kappa shape index (κ3) is 2.39. The highest BCUT2D eigenvalue weighted by molar-refractivity contribution is 6.22. The molecule has 0 bridgehead atoms. The normalized spacial score (nSPS) is 12.4. The molecule has 1 aliphatic rings. The minimum atomic E-state index is -1.58. The Labute approximate surface area is 161 Å². The molecule has 3 heterocycles. The van der Waals surface area contributed by atoms with E-state index in [-0.39, 0.29) is 16.8 Å². The molecular formula is C21H11F3N4O. The van der Waals surface area contributed by atoms with Crippen LogP contribution in [0.5, 0.6) is 0 Å². The Bertz CT molecular complexity index is 1370. The zero-order valence-electron chi connectivity index (χ0n) is 14.7. The average Bonchev–Trinajstić information content (AvgIpc) is 3.08. The van der Waals surface area contributed by atoms with Crippen molar-refractivity contribution in [2.45, 2.75) is 0 Å². The summed E-state index contributed by atoms with van der Waals surface area (Å²) in [4.78, 5) is 16.6. The number of rotatable bonds is 2. The van der Waals surface area contributed by atoms with E-state index >= 15 is 0 Å². The van der Waals surface area contributed by atoms with Crippen LogP contribution in [0.4, 0.5) is 18.9 Å². The van der Waals surface area contributed by atoms with E-state index in [1.54, 1.807) is 36.5 Å². The minimum absolute atomic E-state index is 0.0959. The molecule has 1 aliphatic heterocycles. The summed E-state index contributed by atoms with van der Waals surface area (Å²) in [6.07, 6.45) is 2.97. The van der Waals surface area contributed by atoms with Gasteiger partial charge in [0.05, 0.1) is 28.7 Å². The van der Waals surface area contributed by atoms with Crippen LogP contribution < -0.4 is 5.73 Å². The number of carbonyl (C=O) groups is 1. The van der Waals surface area contributed by atoms with Crippen molar-refractivity contribution in [3.05, 3.63) is 89.0 Å². The fraction of sp³-hybridized carbons (Fsp3) is 0. The number of halogens is 3. The van der Waals surface area contributed by atoms with Crippen molar-refractivity contribution >= 4 is 22.8 Å². The topological polar surface area (TPSA) is 72.8 Å². The Morgan fingerprint density at radius 3 is 2.52 bits per heavy atom. The maximum absolute atomic E-state index is 14.6. The van der Waals surface area contributed by atoms with Crippen molar-refractivity contribution in [1.82, 2.24) is 9.61 Å². The number of nitrogens with two attached hydrogens (primary N) is 1. The second-order valence-corrected chi connectivity index (χ2v) is 6.52. The number of aliphatic imine (C=N–C) groups is 1. The van der Waals surface area contributed by atoms with E-state index in [2.05, 4.69) is 10.1 Å². The number of hydrogen-bond donors (Lipinski definition) is 1. The smallest absolute Gasteiger partial charge is 0.251 e. The zero-order chi connectivity index (χ0) is 20.3. The fourth-order valence-corrected chi connectivity index (χ4v) is 3.61. The molecule has 0 aliphatic carbocycles. The molecule has 4 aromatic rings. The molecule has 0 saturated heterocycles. The van der Waals surface area contributed by atoms with Crippen LogP contribution in [0, 0.1) is 17.5 Å². The second-order valence-electron chi connectivity index (χ2n) is 6.52. The summed E-state index contributed by atoms with van der Waals surface area (Å²) in [5.74, 6) is -4.90. The number of nitrogens with zero attached hydrogens (tertiary/aromatic N) is 3. The second kappa shape index (κ2) is 6.03. The molecule has 142 valence electrons. The first-order valence-electron chi connectivity index (χ1n) is 8.60. The summed E-state index contributed by atoms with van der Waals surface area (Å²) in [5, 5.41) is 4.20. The lowest BCUT2D eigenvalue weighted by Crippen LogP contribution is -2.14. The first kappa shape index (κ1) is 17.2. The van der Waals surface area contributed by atoms with E-state index in [0.29, 0.717) is 27.9 Å². The molecule has 1 amide bonds. The van der Waals surface area contributed by atoms with Gasteiger partial charge in [0, 0.05) is 28.5 Å². The van der Waals surface area contributed by atoms with Gasteiger partial charge in [0.25, 0.3) is 5.91 Å². The van der Waals surface area contributed by atoms with Crippen molar-refractivity contribution in [1.29, 1.82) is 0 Å². The van der Waals surface area contributed by atoms with Gasteiger partial charge in [-0.15, -0.1) is 0 Å². The summed E-state index contributed by atoms with van der Waals surface area (Å²) in [6, 6.07) is 10.5. The molecule has 2 aromatic heterocycles. The van der Waals surface area contributed by atoms with E-state index < -0.39 is 23.4 Å². The van der Waals surface area contributed by atoms with Crippen molar-refractivity contribution in [3.8, 4) is 11.1 Å². The predicted molar refractivity (Wildman–Crippen MR) is 101 cm³/mol. The molecule has 5 nitrogen and oxygen atoms in total. The largest absolute Gasteiger partial charge is 0.366 e. The minimum Gasteiger partial charge on any atom is -0.366 e. The van der Waals surface area contributed by atoms with Gasteiger partial charge in [0.1, 0.15) is 0 Å². The van der Waals surface area contributed by atoms with Gasteiger partial charge in [-0.05, 0) is 24.3 Å². The lowest BCUT2D eigenvalue weighted by Gasteiger charge is -2.10. The maximum atomic E-state index is 14.6. The molecule has 2 N–H and O–H groups in total. The molecule has 0 saturated carbocycles. The number of benzene rings is 2. The van der Waals surface area contributed by atoms with Gasteiger partial charge in [0.2, 0.25) is 0 Å². The first-order chi connectivity index (χ1) is 14.0. The molecule has 0 unspecified atom stereocenters. The number of amides is 1. The van der Waals surface area contributed by atoms with E-state index in [1.807, 2.05) is 0 Å². The quantitative estimate of drug-likeness (QED) is 0.461. The summed E-state index contributed by atoms with van der Waals surface area (Å²) < 4.78 is 43.6. The third-order valence-electron chi connectivity index (χ3n) is 4.90. The highest BCUT2D eigenvalue weighted by atomic mass is 19.2. The fourth-order valence-electron chi connectivity index (χ4n) is 3.61. The predicted octanol–water partition coefficient (Wildman–Crippen LogP) is 4.00. The van der Waals surface area contributed by atoms with Gasteiger partial charge < -0.3 is 5.73 Å². The lowest BCUT2D eigenvalue weighted by molar-refractivity contribution is 0.100. The molecule has 0 radical (unpaired) electrons. The highest BCUT2D eigenvalue weighted by Crippen LogP contribution is 2.41. The Kier molecular flexibility index (Phi) is 3.57. The highest BCUT2D eigenvalue weighted by Gasteiger charge is 2.28. The molecule has 0 atom stereocenters. The number of primary amides is 1. The zero-order valence-corrected chi connectivity index (χ0v) is 14.7. The Hall–Kier alpha value is -3.94. The standard InChI is InChI=1S/C21H11F3N4O/c22-14-6-5-11(17(23)18(14)24)19-12-7-8-28-20(12)16(13(9-26-28)21(25)29)10-3-1-2-4-15(10)27-19/h1-9H,(H2,25,29). The maximum Gasteiger partial charge on any atom is 0.251 e. The molecule has 5 rings (SSSR count). The van der Waals surface area contributed by atoms with Crippen molar-refractivity contribution in [3.63, 3.8) is 0 Å². The van der Waals surface area contributed by atoms with Crippen LogP contribution >= 0.6 is 0 Å². The third-order valence-corrected chi connectivity index (χ3v) is 4.90. The van der Waals surface area contributed by atoms with Crippen LogP contribution in [-0.2, 0) is 0 Å². The number of aromatic nitrogens is 2. The Balaban J connectivity index is 1.95. The number of hydrogen-bond acceptors (Lipinski definition) is 3. The molecule has 2 aromatic carbocycles. The van der Waals surface area contributed by atoms with Gasteiger partial charge in [-0.2, -0.15) is 5.10 Å². The summed E-state index contributed by atoms with van der Waals surface area (Å²) in [5.41, 5.74) is 8.02. The lowest BCUT2D eigenvalue weighted by atomic mass is 9.96.